The van der Waals surface area contributed by atoms with Crippen LogP contribution >= 0.6 is 0 Å². The highest BCUT2D eigenvalue weighted by atomic mass is 19.4. The van der Waals surface area contributed by atoms with Crippen molar-refractivity contribution in [1.29, 1.82) is 0 Å². The molecule has 1 aromatic carbocycles. The van der Waals surface area contributed by atoms with Gasteiger partial charge in [-0.05, 0) is 18.2 Å². The predicted octanol–water partition coefficient (Wildman–Crippen LogP) is 3.44. The van der Waals surface area contributed by atoms with Crippen molar-refractivity contribution in [2.75, 3.05) is 5.32 Å². The number of carbonyl (C=O) groups excluding carboxylic acids is 1. The van der Waals surface area contributed by atoms with Crippen molar-refractivity contribution >= 4 is 22.9 Å². The average Bonchev–Trinajstić information content (AvgIpc) is 2.97. The molecule has 6 nitrogen and oxygen atoms in total. The van der Waals surface area contributed by atoms with Crippen LogP contribution in [-0.4, -0.2) is 25.4 Å². The lowest BCUT2D eigenvalue weighted by Crippen LogP contribution is -2.18. The number of rotatable bonds is 5. The molecule has 0 unspecified atom stereocenters. The first-order chi connectivity index (χ1) is 12.4. The van der Waals surface area contributed by atoms with Gasteiger partial charge in [-0.15, -0.1) is 0 Å². The molecule has 136 valence electrons. The zero-order valence-electron chi connectivity index (χ0n) is 13.9. The number of amides is 1. The summed E-state index contributed by atoms with van der Waals surface area (Å²) in [6.07, 6.45) is -2.86. The summed E-state index contributed by atoms with van der Waals surface area (Å²) in [5.41, 5.74) is 0.648. The van der Waals surface area contributed by atoms with Crippen LogP contribution in [0.5, 0.6) is 0 Å². The predicted molar refractivity (Wildman–Crippen MR) is 89.4 cm³/mol. The summed E-state index contributed by atoms with van der Waals surface area (Å²) in [4.78, 5) is 23.6. The summed E-state index contributed by atoms with van der Waals surface area (Å²) in [5, 5.41) is 2.31. The Morgan fingerprint density at radius 2 is 1.96 bits per heavy atom. The van der Waals surface area contributed by atoms with Crippen molar-refractivity contribution in [1.82, 2.24) is 19.5 Å². The van der Waals surface area contributed by atoms with Crippen LogP contribution in [0.4, 0.5) is 19.1 Å². The number of fused-ring (bicyclic) bond motifs is 1. The van der Waals surface area contributed by atoms with Crippen LogP contribution < -0.4 is 5.32 Å². The minimum atomic E-state index is -4.59. The Hall–Kier alpha value is -2.97. The second-order valence-corrected chi connectivity index (χ2v) is 5.58. The molecule has 1 amide bonds. The van der Waals surface area contributed by atoms with Gasteiger partial charge in [-0.2, -0.15) is 13.2 Å². The first-order valence-electron chi connectivity index (χ1n) is 8.02. The maximum atomic E-state index is 12.7. The van der Waals surface area contributed by atoms with E-state index in [9.17, 15) is 18.0 Å². The Kier molecular flexibility index (Phi) is 4.88. The number of nitrogens with zero attached hydrogens (tertiary/aromatic N) is 4. The van der Waals surface area contributed by atoms with Crippen LogP contribution in [0.3, 0.4) is 0 Å². The first kappa shape index (κ1) is 17.8. The molecule has 26 heavy (non-hydrogen) atoms. The lowest BCUT2D eigenvalue weighted by Gasteiger charge is -2.09. The number of para-hydroxylation sites is 2. The van der Waals surface area contributed by atoms with Gasteiger partial charge in [0.25, 0.3) is 0 Å². The van der Waals surface area contributed by atoms with Gasteiger partial charge in [-0.25, -0.2) is 15.0 Å². The topological polar surface area (TPSA) is 72.7 Å². The fraction of sp³-hybridized carbons (Fsp3) is 0.294. The number of carbonyl (C=O) groups is 1. The standard InChI is InChI=1S/C17H16F3N5O/c1-2-14-22-11-5-3-4-6-12(11)25(14)10-8-15(26)24-16-21-9-7-13(23-16)17(18,19)20/h3-7,9H,2,8,10H2,1H3,(H,21,23,24,26). The van der Waals surface area contributed by atoms with Crippen molar-refractivity contribution in [2.45, 2.75) is 32.5 Å². The Morgan fingerprint density at radius 3 is 2.69 bits per heavy atom. The summed E-state index contributed by atoms with van der Waals surface area (Å²) < 4.78 is 39.9. The molecule has 0 radical (unpaired) electrons. The molecule has 2 heterocycles. The van der Waals surface area contributed by atoms with Gasteiger partial charge in [0.05, 0.1) is 11.0 Å². The maximum Gasteiger partial charge on any atom is 0.433 e. The Balaban J connectivity index is 1.70. The number of imidazole rings is 1. The number of benzene rings is 1. The number of hydrogen-bond acceptors (Lipinski definition) is 4. The fourth-order valence-electron chi connectivity index (χ4n) is 2.62. The molecule has 9 heteroatoms. The largest absolute Gasteiger partial charge is 0.433 e. The Morgan fingerprint density at radius 1 is 1.19 bits per heavy atom. The maximum absolute atomic E-state index is 12.7. The van der Waals surface area contributed by atoms with E-state index in [1.54, 1.807) is 0 Å². The Bertz CT molecular complexity index is 936. The number of anilines is 1. The molecular formula is C17H16F3N5O. The normalized spacial score (nSPS) is 11.7. The fourth-order valence-corrected chi connectivity index (χ4v) is 2.62. The molecule has 3 aromatic rings. The molecule has 0 spiro atoms. The number of nitrogens with one attached hydrogen (secondary N) is 1. The number of aryl methyl sites for hydroxylation is 2. The van der Waals surface area contributed by atoms with E-state index < -0.39 is 17.8 Å². The minimum Gasteiger partial charge on any atom is -0.327 e. The zero-order chi connectivity index (χ0) is 18.7. The minimum absolute atomic E-state index is 0.0625. The third-order valence-electron chi connectivity index (χ3n) is 3.81. The van der Waals surface area contributed by atoms with Crippen LogP contribution in [0.15, 0.2) is 36.5 Å². The van der Waals surface area contributed by atoms with Crippen molar-refractivity contribution in [3.8, 4) is 0 Å². The van der Waals surface area contributed by atoms with E-state index in [4.69, 9.17) is 0 Å². The lowest BCUT2D eigenvalue weighted by molar-refractivity contribution is -0.141. The van der Waals surface area contributed by atoms with Crippen molar-refractivity contribution < 1.29 is 18.0 Å². The SMILES string of the molecule is CCc1nc2ccccc2n1CCC(=O)Nc1nccc(C(F)(F)F)n1. The summed E-state index contributed by atoms with van der Waals surface area (Å²) in [5.74, 6) is 0.00880. The molecule has 1 N–H and O–H groups in total. The van der Waals surface area contributed by atoms with Crippen LogP contribution in [-0.2, 0) is 23.9 Å². The molecule has 0 aliphatic rings. The first-order valence-corrected chi connectivity index (χ1v) is 8.02. The van der Waals surface area contributed by atoms with Crippen LogP contribution in [0.1, 0.15) is 24.9 Å². The van der Waals surface area contributed by atoms with Crippen molar-refractivity contribution in [3.63, 3.8) is 0 Å². The van der Waals surface area contributed by atoms with Gasteiger partial charge in [0.2, 0.25) is 11.9 Å². The molecule has 0 fully saturated rings. The summed E-state index contributed by atoms with van der Waals surface area (Å²) >= 11 is 0. The van der Waals surface area contributed by atoms with Crippen LogP contribution in [0, 0.1) is 0 Å². The van der Waals surface area contributed by atoms with E-state index in [0.29, 0.717) is 13.0 Å². The quantitative estimate of drug-likeness (QED) is 0.754. The van der Waals surface area contributed by atoms with E-state index in [-0.39, 0.29) is 12.4 Å². The average molecular weight is 363 g/mol. The number of halogens is 3. The van der Waals surface area contributed by atoms with Gasteiger partial charge in [0, 0.05) is 25.6 Å². The van der Waals surface area contributed by atoms with Gasteiger partial charge in [-0.1, -0.05) is 19.1 Å². The van der Waals surface area contributed by atoms with Crippen molar-refractivity contribution in [2.24, 2.45) is 0 Å². The highest BCUT2D eigenvalue weighted by Crippen LogP contribution is 2.27. The van der Waals surface area contributed by atoms with Crippen molar-refractivity contribution in [3.05, 3.63) is 48.0 Å². The third-order valence-corrected chi connectivity index (χ3v) is 3.81. The molecule has 2 aromatic heterocycles. The van der Waals surface area contributed by atoms with E-state index >= 15 is 0 Å². The van der Waals surface area contributed by atoms with E-state index in [1.165, 1.54) is 0 Å². The van der Waals surface area contributed by atoms with Crippen LogP contribution in [0.25, 0.3) is 11.0 Å². The number of hydrogen-bond donors (Lipinski definition) is 1. The van der Waals surface area contributed by atoms with E-state index in [1.807, 2.05) is 35.8 Å². The zero-order valence-corrected chi connectivity index (χ0v) is 13.9. The summed E-state index contributed by atoms with van der Waals surface area (Å²) in [6.45, 7) is 2.32. The summed E-state index contributed by atoms with van der Waals surface area (Å²) in [6, 6.07) is 8.32. The highest BCUT2D eigenvalue weighted by molar-refractivity contribution is 5.89. The molecule has 0 aliphatic carbocycles. The van der Waals surface area contributed by atoms with E-state index in [2.05, 4.69) is 20.3 Å². The van der Waals surface area contributed by atoms with E-state index in [0.717, 1.165) is 29.1 Å². The van der Waals surface area contributed by atoms with Gasteiger partial charge in [0.1, 0.15) is 11.5 Å². The second kappa shape index (κ2) is 7.11. The molecule has 0 bridgehead atoms. The highest BCUT2D eigenvalue weighted by Gasteiger charge is 2.32. The summed E-state index contributed by atoms with van der Waals surface area (Å²) in [7, 11) is 0. The van der Waals surface area contributed by atoms with Gasteiger partial charge in [-0.3, -0.25) is 10.1 Å². The monoisotopic (exact) mass is 363 g/mol. The molecule has 0 atom stereocenters. The van der Waals surface area contributed by atoms with Gasteiger partial charge < -0.3 is 4.57 Å². The number of alkyl halides is 3. The van der Waals surface area contributed by atoms with Gasteiger partial charge in [0.15, 0.2) is 0 Å². The second-order valence-electron chi connectivity index (χ2n) is 5.58. The molecular weight excluding hydrogens is 347 g/mol. The molecule has 3 rings (SSSR count). The smallest absolute Gasteiger partial charge is 0.327 e. The number of aromatic nitrogens is 4. The molecule has 0 aliphatic heterocycles. The Labute approximate surface area is 147 Å². The molecule has 0 saturated carbocycles. The third kappa shape index (κ3) is 3.81. The van der Waals surface area contributed by atoms with Crippen LogP contribution in [0.2, 0.25) is 0 Å². The lowest BCUT2D eigenvalue weighted by atomic mass is 10.3. The van der Waals surface area contributed by atoms with Gasteiger partial charge >= 0.3 is 6.18 Å². The molecule has 0 saturated heterocycles.